The van der Waals surface area contributed by atoms with Crippen LogP contribution in [-0.4, -0.2) is 0 Å². The summed E-state index contributed by atoms with van der Waals surface area (Å²) in [6.07, 6.45) is 18.8. The summed E-state index contributed by atoms with van der Waals surface area (Å²) < 4.78 is 1.17. The molecule has 1 fully saturated rings. The van der Waals surface area contributed by atoms with Crippen molar-refractivity contribution >= 4 is 15.9 Å². The molecular formula is C21H31Br. The smallest absolute Gasteiger partial charge is 0.0175 e. The molecule has 122 valence electrons. The van der Waals surface area contributed by atoms with Crippen LogP contribution in [-0.2, 0) is 6.42 Å². The van der Waals surface area contributed by atoms with Gasteiger partial charge in [-0.1, -0.05) is 72.8 Å². The van der Waals surface area contributed by atoms with E-state index in [9.17, 15) is 0 Å². The van der Waals surface area contributed by atoms with Crippen molar-refractivity contribution in [3.8, 4) is 0 Å². The lowest BCUT2D eigenvalue weighted by Gasteiger charge is -2.26. The highest BCUT2D eigenvalue weighted by molar-refractivity contribution is 9.10. The minimum atomic E-state index is 0.854. The van der Waals surface area contributed by atoms with E-state index in [0.717, 1.165) is 18.3 Å². The lowest BCUT2D eigenvalue weighted by Crippen LogP contribution is -2.13. The lowest BCUT2D eigenvalue weighted by atomic mass is 9.79. The second-order valence-electron chi connectivity index (χ2n) is 6.87. The first-order valence-electron chi connectivity index (χ1n) is 9.19. The molecule has 1 aliphatic carbocycles. The number of hydrogen-bond donors (Lipinski definition) is 0. The van der Waals surface area contributed by atoms with Crippen LogP contribution in [0.2, 0.25) is 0 Å². The first-order chi connectivity index (χ1) is 10.8. The van der Waals surface area contributed by atoms with Gasteiger partial charge in [-0.2, -0.15) is 0 Å². The van der Waals surface area contributed by atoms with E-state index in [4.69, 9.17) is 0 Å². The maximum atomic E-state index is 3.49. The van der Waals surface area contributed by atoms with Crippen molar-refractivity contribution in [1.29, 1.82) is 0 Å². The van der Waals surface area contributed by atoms with Crippen LogP contribution in [0.3, 0.4) is 0 Å². The molecular weight excluding hydrogens is 332 g/mol. The minimum absolute atomic E-state index is 0.854. The standard InChI is InChI=1S/C21H31Br/c1-2-3-4-7-18-10-12-19(13-11-18)8-5-6-9-20-14-16-21(22)17-15-20/h5,8,14-19H,2-4,6-7,9-13H2,1H3/b8-5+/t18-,19-. The van der Waals surface area contributed by atoms with Crippen LogP contribution in [0.15, 0.2) is 40.9 Å². The molecule has 0 amide bonds. The molecule has 1 aromatic carbocycles. The molecule has 0 saturated heterocycles. The normalized spacial score (nSPS) is 22.3. The second kappa shape index (κ2) is 10.3. The Morgan fingerprint density at radius 3 is 2.45 bits per heavy atom. The molecule has 0 atom stereocenters. The van der Waals surface area contributed by atoms with Crippen molar-refractivity contribution in [3.63, 3.8) is 0 Å². The van der Waals surface area contributed by atoms with Gasteiger partial charge < -0.3 is 0 Å². The van der Waals surface area contributed by atoms with Crippen LogP contribution in [0.4, 0.5) is 0 Å². The van der Waals surface area contributed by atoms with E-state index in [1.807, 2.05) is 0 Å². The number of hydrogen-bond acceptors (Lipinski definition) is 0. The number of benzene rings is 1. The fourth-order valence-corrected chi connectivity index (χ4v) is 3.81. The third-order valence-corrected chi connectivity index (χ3v) is 5.56. The predicted molar refractivity (Wildman–Crippen MR) is 101 cm³/mol. The van der Waals surface area contributed by atoms with Crippen molar-refractivity contribution < 1.29 is 0 Å². The van der Waals surface area contributed by atoms with Crippen LogP contribution in [0, 0.1) is 11.8 Å². The van der Waals surface area contributed by atoms with Gasteiger partial charge in [0.25, 0.3) is 0 Å². The van der Waals surface area contributed by atoms with E-state index in [-0.39, 0.29) is 0 Å². The third kappa shape index (κ3) is 6.69. The van der Waals surface area contributed by atoms with E-state index in [2.05, 4.69) is 59.3 Å². The zero-order valence-electron chi connectivity index (χ0n) is 14.1. The highest BCUT2D eigenvalue weighted by atomic mass is 79.9. The number of rotatable bonds is 8. The Morgan fingerprint density at radius 2 is 1.77 bits per heavy atom. The van der Waals surface area contributed by atoms with Crippen molar-refractivity contribution in [2.75, 3.05) is 0 Å². The quantitative estimate of drug-likeness (QED) is 0.335. The van der Waals surface area contributed by atoms with E-state index < -0.39 is 0 Å². The van der Waals surface area contributed by atoms with E-state index >= 15 is 0 Å². The number of halogens is 1. The first kappa shape index (κ1) is 17.8. The molecule has 1 heteroatoms. The van der Waals surface area contributed by atoms with Crippen molar-refractivity contribution in [2.24, 2.45) is 11.8 Å². The van der Waals surface area contributed by atoms with Gasteiger partial charge in [-0.05, 0) is 68.1 Å². The summed E-state index contributed by atoms with van der Waals surface area (Å²) in [6.45, 7) is 2.30. The van der Waals surface area contributed by atoms with Gasteiger partial charge in [0, 0.05) is 4.47 Å². The Kier molecular flexibility index (Phi) is 8.30. The van der Waals surface area contributed by atoms with Gasteiger partial charge in [0.15, 0.2) is 0 Å². The van der Waals surface area contributed by atoms with Crippen LogP contribution in [0.25, 0.3) is 0 Å². The molecule has 0 aromatic heterocycles. The molecule has 22 heavy (non-hydrogen) atoms. The van der Waals surface area contributed by atoms with Crippen LogP contribution in [0.5, 0.6) is 0 Å². The van der Waals surface area contributed by atoms with E-state index in [0.29, 0.717) is 0 Å². The average molecular weight is 363 g/mol. The summed E-state index contributed by atoms with van der Waals surface area (Å²) in [4.78, 5) is 0. The van der Waals surface area contributed by atoms with Crippen LogP contribution >= 0.6 is 15.9 Å². The maximum Gasteiger partial charge on any atom is 0.0175 e. The summed E-state index contributed by atoms with van der Waals surface area (Å²) in [5.74, 6) is 1.88. The van der Waals surface area contributed by atoms with Gasteiger partial charge >= 0.3 is 0 Å². The van der Waals surface area contributed by atoms with Crippen molar-refractivity contribution in [2.45, 2.75) is 71.1 Å². The van der Waals surface area contributed by atoms with Gasteiger partial charge in [0.05, 0.1) is 0 Å². The Morgan fingerprint density at radius 1 is 1.05 bits per heavy atom. The Hall–Kier alpha value is -0.560. The zero-order valence-corrected chi connectivity index (χ0v) is 15.7. The molecule has 1 saturated carbocycles. The summed E-state index contributed by atoms with van der Waals surface area (Å²) in [5.41, 5.74) is 1.44. The predicted octanol–water partition coefficient (Wildman–Crippen LogP) is 7.32. The van der Waals surface area contributed by atoms with Gasteiger partial charge in [-0.3, -0.25) is 0 Å². The molecule has 0 aliphatic heterocycles. The van der Waals surface area contributed by atoms with Gasteiger partial charge in [-0.25, -0.2) is 0 Å². The molecule has 0 heterocycles. The Bertz CT molecular complexity index is 424. The SMILES string of the molecule is CCCCC[C@H]1CC[C@H](/C=C/CCc2ccc(Br)cc2)CC1. The second-order valence-corrected chi connectivity index (χ2v) is 7.79. The molecule has 0 unspecified atom stereocenters. The largest absolute Gasteiger partial charge is 0.0879 e. The summed E-state index contributed by atoms with van der Waals surface area (Å²) in [6, 6.07) is 8.72. The number of unbranched alkanes of at least 4 members (excludes halogenated alkanes) is 2. The number of aryl methyl sites for hydroxylation is 1. The van der Waals surface area contributed by atoms with E-state index in [1.165, 1.54) is 67.8 Å². The van der Waals surface area contributed by atoms with Crippen LogP contribution < -0.4 is 0 Å². The molecule has 1 aromatic rings. The van der Waals surface area contributed by atoms with Crippen molar-refractivity contribution in [1.82, 2.24) is 0 Å². The van der Waals surface area contributed by atoms with Crippen LogP contribution in [0.1, 0.15) is 70.3 Å². The highest BCUT2D eigenvalue weighted by Gasteiger charge is 2.18. The maximum absolute atomic E-state index is 3.49. The van der Waals surface area contributed by atoms with Gasteiger partial charge in [0.1, 0.15) is 0 Å². The molecule has 0 radical (unpaired) electrons. The fraction of sp³-hybridized carbons (Fsp3) is 0.619. The van der Waals surface area contributed by atoms with Gasteiger partial charge in [0.2, 0.25) is 0 Å². The van der Waals surface area contributed by atoms with E-state index in [1.54, 1.807) is 0 Å². The Balaban J connectivity index is 1.60. The summed E-state index contributed by atoms with van der Waals surface area (Å²) in [5, 5.41) is 0. The molecule has 1 aliphatic rings. The molecule has 0 N–H and O–H groups in total. The molecule has 0 bridgehead atoms. The molecule has 0 nitrogen and oxygen atoms in total. The van der Waals surface area contributed by atoms with Crippen molar-refractivity contribution in [3.05, 3.63) is 46.5 Å². The fourth-order valence-electron chi connectivity index (χ4n) is 3.54. The third-order valence-electron chi connectivity index (χ3n) is 5.03. The average Bonchev–Trinajstić information content (AvgIpc) is 2.55. The lowest BCUT2D eigenvalue weighted by molar-refractivity contribution is 0.289. The highest BCUT2D eigenvalue weighted by Crippen LogP contribution is 2.32. The first-order valence-corrected chi connectivity index (χ1v) is 9.98. The zero-order chi connectivity index (χ0) is 15.6. The summed E-state index contributed by atoms with van der Waals surface area (Å²) in [7, 11) is 0. The Labute approximate surface area is 145 Å². The topological polar surface area (TPSA) is 0 Å². The molecule has 0 spiro atoms. The summed E-state index contributed by atoms with van der Waals surface area (Å²) >= 11 is 3.49. The number of allylic oxidation sites excluding steroid dienone is 2. The van der Waals surface area contributed by atoms with Gasteiger partial charge in [-0.15, -0.1) is 0 Å². The monoisotopic (exact) mass is 362 g/mol. The molecule has 2 rings (SSSR count). The minimum Gasteiger partial charge on any atom is -0.0879 e.